The zero-order chi connectivity index (χ0) is 15.0. The van der Waals surface area contributed by atoms with E-state index in [2.05, 4.69) is 15.9 Å². The molecule has 0 aliphatic carbocycles. The number of hydrogen-bond donors (Lipinski definition) is 1. The molecule has 0 saturated carbocycles. The van der Waals surface area contributed by atoms with Gasteiger partial charge in [0.15, 0.2) is 0 Å². The molecule has 20 heavy (non-hydrogen) atoms. The highest BCUT2D eigenvalue weighted by atomic mass is 79.9. The van der Waals surface area contributed by atoms with Gasteiger partial charge in [0, 0.05) is 23.5 Å². The van der Waals surface area contributed by atoms with E-state index in [1.54, 1.807) is 13.0 Å². The van der Waals surface area contributed by atoms with Gasteiger partial charge in [0.05, 0.1) is 10.8 Å². The first kappa shape index (κ1) is 14.4. The summed E-state index contributed by atoms with van der Waals surface area (Å²) < 4.78 is 0.559. The van der Waals surface area contributed by atoms with E-state index < -0.39 is 16.7 Å². The number of aryl methyl sites for hydroxylation is 1. The summed E-state index contributed by atoms with van der Waals surface area (Å²) in [6.45, 7) is 1.76. The number of benzene rings is 1. The summed E-state index contributed by atoms with van der Waals surface area (Å²) in [5.74, 6) is -1.51. The van der Waals surface area contributed by atoms with E-state index in [1.165, 1.54) is 11.0 Å². The standard InChI is InChI=1S/C12H12BrN3O4/c1-6-2-8(13)4-9(16(19)20)11(6)15-5-7(12(14)18)3-10(15)17/h2,4,7H,3,5H2,1H3,(H2,14,18). The van der Waals surface area contributed by atoms with E-state index in [1.807, 2.05) is 0 Å². The maximum atomic E-state index is 12.0. The van der Waals surface area contributed by atoms with Crippen LogP contribution in [0.4, 0.5) is 11.4 Å². The number of nitrogens with zero attached hydrogens (tertiary/aromatic N) is 2. The quantitative estimate of drug-likeness (QED) is 0.663. The number of halogens is 1. The molecule has 7 nitrogen and oxygen atoms in total. The van der Waals surface area contributed by atoms with E-state index >= 15 is 0 Å². The number of carbonyl (C=O) groups excluding carboxylic acids is 2. The van der Waals surface area contributed by atoms with Crippen molar-refractivity contribution < 1.29 is 14.5 Å². The molecule has 2 amide bonds. The van der Waals surface area contributed by atoms with Crippen LogP contribution in [-0.2, 0) is 9.59 Å². The van der Waals surface area contributed by atoms with Crippen molar-refractivity contribution in [3.05, 3.63) is 32.3 Å². The maximum absolute atomic E-state index is 12.0. The van der Waals surface area contributed by atoms with Gasteiger partial charge in [0.2, 0.25) is 11.8 Å². The molecule has 0 bridgehead atoms. The van der Waals surface area contributed by atoms with Gasteiger partial charge in [0.1, 0.15) is 5.69 Å². The van der Waals surface area contributed by atoms with Crippen LogP contribution in [0, 0.1) is 23.0 Å². The Morgan fingerprint density at radius 2 is 2.20 bits per heavy atom. The van der Waals surface area contributed by atoms with Crippen LogP contribution in [0.2, 0.25) is 0 Å². The van der Waals surface area contributed by atoms with E-state index in [-0.39, 0.29) is 30.2 Å². The van der Waals surface area contributed by atoms with Gasteiger partial charge in [0.25, 0.3) is 5.69 Å². The second-order valence-electron chi connectivity index (χ2n) is 4.66. The van der Waals surface area contributed by atoms with Gasteiger partial charge < -0.3 is 10.6 Å². The Labute approximate surface area is 123 Å². The van der Waals surface area contributed by atoms with Crippen LogP contribution in [0.25, 0.3) is 0 Å². The van der Waals surface area contributed by atoms with Crippen LogP contribution in [0.3, 0.4) is 0 Å². The molecule has 2 N–H and O–H groups in total. The van der Waals surface area contributed by atoms with Gasteiger partial charge in [-0.25, -0.2) is 0 Å². The third kappa shape index (κ3) is 2.51. The SMILES string of the molecule is Cc1cc(Br)cc([N+](=O)[O-])c1N1CC(C(N)=O)CC1=O. The number of hydrogen-bond acceptors (Lipinski definition) is 4. The van der Waals surface area contributed by atoms with Crippen LogP contribution in [-0.4, -0.2) is 23.3 Å². The highest BCUT2D eigenvalue weighted by Gasteiger charge is 2.37. The van der Waals surface area contributed by atoms with Crippen molar-refractivity contribution >= 4 is 39.1 Å². The highest BCUT2D eigenvalue weighted by molar-refractivity contribution is 9.10. The first-order valence-corrected chi connectivity index (χ1v) is 6.64. The second-order valence-corrected chi connectivity index (χ2v) is 5.57. The average molecular weight is 342 g/mol. The Morgan fingerprint density at radius 1 is 1.55 bits per heavy atom. The normalized spacial score (nSPS) is 18.4. The van der Waals surface area contributed by atoms with Gasteiger partial charge in [-0.1, -0.05) is 15.9 Å². The Balaban J connectivity index is 2.50. The fourth-order valence-electron chi connectivity index (χ4n) is 2.32. The van der Waals surface area contributed by atoms with Gasteiger partial charge >= 0.3 is 0 Å². The summed E-state index contributed by atoms with van der Waals surface area (Å²) in [7, 11) is 0. The van der Waals surface area contributed by atoms with Crippen molar-refractivity contribution in [1.29, 1.82) is 0 Å². The zero-order valence-electron chi connectivity index (χ0n) is 10.6. The molecule has 0 radical (unpaired) electrons. The minimum Gasteiger partial charge on any atom is -0.369 e. The molecule has 2 rings (SSSR count). The number of nitrogens with two attached hydrogens (primary N) is 1. The largest absolute Gasteiger partial charge is 0.369 e. The Kier molecular flexibility index (Phi) is 3.76. The van der Waals surface area contributed by atoms with Gasteiger partial charge in [-0.05, 0) is 18.6 Å². The lowest BCUT2D eigenvalue weighted by molar-refractivity contribution is -0.384. The van der Waals surface area contributed by atoms with Crippen molar-refractivity contribution in [3.8, 4) is 0 Å². The molecule has 8 heteroatoms. The summed E-state index contributed by atoms with van der Waals surface area (Å²) in [4.78, 5) is 35.1. The molecule has 1 aromatic carbocycles. The van der Waals surface area contributed by atoms with Gasteiger partial charge in [-0.2, -0.15) is 0 Å². The lowest BCUT2D eigenvalue weighted by Gasteiger charge is -2.19. The van der Waals surface area contributed by atoms with Crippen LogP contribution in [0.1, 0.15) is 12.0 Å². The summed E-state index contributed by atoms with van der Waals surface area (Å²) in [6.07, 6.45) is -0.0119. The van der Waals surface area contributed by atoms with Crippen LogP contribution in [0.5, 0.6) is 0 Å². The van der Waals surface area contributed by atoms with E-state index in [0.29, 0.717) is 10.0 Å². The Hall–Kier alpha value is -1.96. The van der Waals surface area contributed by atoms with E-state index in [4.69, 9.17) is 5.73 Å². The summed E-state index contributed by atoms with van der Waals surface area (Å²) in [6, 6.07) is 3.03. The molecule has 1 fully saturated rings. The molecule has 1 aliphatic heterocycles. The fourth-order valence-corrected chi connectivity index (χ4v) is 2.88. The van der Waals surface area contributed by atoms with Gasteiger partial charge in [-0.15, -0.1) is 0 Å². The maximum Gasteiger partial charge on any atom is 0.294 e. The van der Waals surface area contributed by atoms with Crippen molar-refractivity contribution in [2.45, 2.75) is 13.3 Å². The number of anilines is 1. The third-order valence-corrected chi connectivity index (χ3v) is 3.70. The minimum absolute atomic E-state index is 0.0119. The van der Waals surface area contributed by atoms with Crippen molar-refractivity contribution in [3.63, 3.8) is 0 Å². The molecule has 1 aromatic rings. The van der Waals surface area contributed by atoms with Gasteiger partial charge in [-0.3, -0.25) is 19.7 Å². The lowest BCUT2D eigenvalue weighted by atomic mass is 10.1. The predicted octanol–water partition coefficient (Wildman–Crippen LogP) is 1.50. The predicted molar refractivity (Wildman–Crippen MR) is 75.2 cm³/mol. The number of nitro groups is 1. The molecule has 1 aliphatic rings. The van der Waals surface area contributed by atoms with Crippen LogP contribution < -0.4 is 10.6 Å². The average Bonchev–Trinajstić information content (AvgIpc) is 2.70. The third-order valence-electron chi connectivity index (χ3n) is 3.24. The molecular formula is C12H12BrN3O4. The molecule has 0 aromatic heterocycles. The molecule has 106 valence electrons. The number of carbonyl (C=O) groups is 2. The smallest absolute Gasteiger partial charge is 0.294 e. The number of rotatable bonds is 3. The molecular weight excluding hydrogens is 330 g/mol. The van der Waals surface area contributed by atoms with Crippen LogP contribution in [0.15, 0.2) is 16.6 Å². The lowest BCUT2D eigenvalue weighted by Crippen LogP contribution is -2.29. The van der Waals surface area contributed by atoms with Crippen LogP contribution >= 0.6 is 15.9 Å². The highest BCUT2D eigenvalue weighted by Crippen LogP contribution is 2.37. The first-order valence-electron chi connectivity index (χ1n) is 5.85. The Bertz CT molecular complexity index is 617. The monoisotopic (exact) mass is 341 g/mol. The molecule has 1 saturated heterocycles. The summed E-state index contributed by atoms with van der Waals surface area (Å²) in [5, 5.41) is 11.2. The molecule has 1 unspecified atom stereocenters. The summed E-state index contributed by atoms with van der Waals surface area (Å²) >= 11 is 3.19. The van der Waals surface area contributed by atoms with E-state index in [9.17, 15) is 19.7 Å². The van der Waals surface area contributed by atoms with E-state index in [0.717, 1.165) is 0 Å². The Morgan fingerprint density at radius 3 is 2.70 bits per heavy atom. The summed E-state index contributed by atoms with van der Waals surface area (Å²) in [5.41, 5.74) is 5.85. The fraction of sp³-hybridized carbons (Fsp3) is 0.333. The van der Waals surface area contributed by atoms with Crippen molar-refractivity contribution in [2.75, 3.05) is 11.4 Å². The number of amides is 2. The number of primary amides is 1. The molecule has 0 spiro atoms. The molecule has 1 atom stereocenters. The minimum atomic E-state index is -0.606. The molecule has 1 heterocycles. The van der Waals surface area contributed by atoms with Crippen molar-refractivity contribution in [1.82, 2.24) is 0 Å². The first-order chi connectivity index (χ1) is 9.31. The topological polar surface area (TPSA) is 107 Å². The zero-order valence-corrected chi connectivity index (χ0v) is 12.2. The second kappa shape index (κ2) is 5.20. The van der Waals surface area contributed by atoms with Crippen molar-refractivity contribution in [2.24, 2.45) is 11.7 Å². The number of nitro benzene ring substituents is 1.